The van der Waals surface area contributed by atoms with Gasteiger partial charge >= 0.3 is 5.97 Å². The highest BCUT2D eigenvalue weighted by atomic mass is 28.4. The minimum atomic E-state index is -1.83. The van der Waals surface area contributed by atoms with Crippen molar-refractivity contribution in [1.29, 1.82) is 0 Å². The van der Waals surface area contributed by atoms with Crippen LogP contribution in [0, 0.1) is 0 Å². The Morgan fingerprint density at radius 2 is 1.95 bits per heavy atom. The van der Waals surface area contributed by atoms with Crippen LogP contribution in [0.5, 0.6) is 5.75 Å². The topological polar surface area (TPSA) is 47.6 Å². The normalized spacial score (nSPS) is 11.9. The Balaban J connectivity index is 2.66. The fraction of sp³-hybridized carbons (Fsp3) is 0.562. The zero-order chi connectivity index (χ0) is 16.1. The van der Waals surface area contributed by atoms with E-state index in [4.69, 9.17) is 4.43 Å². The Bertz CT molecular complexity index is 481. The maximum atomic E-state index is 11.1. The van der Waals surface area contributed by atoms with Gasteiger partial charge in [0.15, 0.2) is 0 Å². The Morgan fingerprint density at radius 1 is 1.29 bits per heavy atom. The molecule has 0 unspecified atom stereocenters. The SMILES string of the molecule is COC(=O)CCNc1cccc(O[Si](C)(C)C(C)(C)C)c1. The fourth-order valence-corrected chi connectivity index (χ4v) is 2.55. The molecule has 5 heteroatoms. The van der Waals surface area contributed by atoms with E-state index in [-0.39, 0.29) is 11.0 Å². The number of methoxy groups -OCH3 is 1. The first kappa shape index (κ1) is 17.6. The molecule has 1 aromatic carbocycles. The van der Waals surface area contributed by atoms with Gasteiger partial charge in [-0.2, -0.15) is 0 Å². The third kappa shape index (κ3) is 5.42. The molecule has 0 aromatic heterocycles. The molecular weight excluding hydrogens is 282 g/mol. The Kier molecular flexibility index (Phi) is 5.84. The van der Waals surface area contributed by atoms with Gasteiger partial charge in [0.25, 0.3) is 0 Å². The summed E-state index contributed by atoms with van der Waals surface area (Å²) in [6, 6.07) is 7.89. The van der Waals surface area contributed by atoms with Crippen LogP contribution in [0.25, 0.3) is 0 Å². The van der Waals surface area contributed by atoms with Crippen molar-refractivity contribution < 1.29 is 14.0 Å². The van der Waals surface area contributed by atoms with Crippen LogP contribution in [0.3, 0.4) is 0 Å². The lowest BCUT2D eigenvalue weighted by atomic mass is 10.2. The minimum Gasteiger partial charge on any atom is -0.543 e. The standard InChI is InChI=1S/C16H27NO3Si/c1-16(2,3)21(5,6)20-14-9-7-8-13(12-14)17-11-10-15(18)19-4/h7-9,12,17H,10-11H2,1-6H3. The molecule has 0 saturated heterocycles. The van der Waals surface area contributed by atoms with Gasteiger partial charge in [0.05, 0.1) is 13.5 Å². The van der Waals surface area contributed by atoms with E-state index >= 15 is 0 Å². The fourth-order valence-electron chi connectivity index (χ4n) is 1.53. The molecule has 0 heterocycles. The summed E-state index contributed by atoms with van der Waals surface area (Å²) in [5, 5.41) is 3.38. The van der Waals surface area contributed by atoms with E-state index in [1.807, 2.05) is 24.3 Å². The lowest BCUT2D eigenvalue weighted by Gasteiger charge is -2.36. The smallest absolute Gasteiger partial charge is 0.307 e. The molecule has 21 heavy (non-hydrogen) atoms. The summed E-state index contributed by atoms with van der Waals surface area (Å²) in [5.41, 5.74) is 0.954. The number of hydrogen-bond donors (Lipinski definition) is 1. The summed E-state index contributed by atoms with van der Waals surface area (Å²) in [4.78, 5) is 11.1. The Morgan fingerprint density at radius 3 is 2.52 bits per heavy atom. The van der Waals surface area contributed by atoms with E-state index in [1.165, 1.54) is 7.11 Å². The number of nitrogens with one attached hydrogen (secondary N) is 1. The largest absolute Gasteiger partial charge is 0.543 e. The van der Waals surface area contributed by atoms with Gasteiger partial charge < -0.3 is 14.5 Å². The molecule has 0 saturated carbocycles. The molecule has 1 rings (SSSR count). The molecule has 0 fully saturated rings. The van der Waals surface area contributed by atoms with Crippen molar-refractivity contribution in [3.63, 3.8) is 0 Å². The van der Waals surface area contributed by atoms with Gasteiger partial charge in [-0.05, 0) is 30.3 Å². The Labute approximate surface area is 129 Å². The average Bonchev–Trinajstić information content (AvgIpc) is 2.37. The van der Waals surface area contributed by atoms with Gasteiger partial charge in [-0.1, -0.05) is 26.8 Å². The molecule has 4 nitrogen and oxygen atoms in total. The summed E-state index contributed by atoms with van der Waals surface area (Å²) in [7, 11) is -0.427. The van der Waals surface area contributed by atoms with Crippen LogP contribution in [-0.2, 0) is 9.53 Å². The number of benzene rings is 1. The molecule has 118 valence electrons. The summed E-state index contributed by atoms with van der Waals surface area (Å²) < 4.78 is 10.9. The van der Waals surface area contributed by atoms with Crippen molar-refractivity contribution in [2.75, 3.05) is 19.0 Å². The molecule has 0 aliphatic heterocycles. The quantitative estimate of drug-likeness (QED) is 0.636. The van der Waals surface area contributed by atoms with Crippen molar-refractivity contribution >= 4 is 20.0 Å². The van der Waals surface area contributed by atoms with Crippen LogP contribution in [0.4, 0.5) is 5.69 Å². The van der Waals surface area contributed by atoms with Crippen LogP contribution >= 0.6 is 0 Å². The molecule has 0 aliphatic carbocycles. The van der Waals surface area contributed by atoms with Crippen LogP contribution in [0.2, 0.25) is 18.1 Å². The van der Waals surface area contributed by atoms with E-state index in [0.717, 1.165) is 11.4 Å². The van der Waals surface area contributed by atoms with Crippen molar-refractivity contribution in [2.45, 2.75) is 45.3 Å². The monoisotopic (exact) mass is 309 g/mol. The van der Waals surface area contributed by atoms with E-state index in [9.17, 15) is 4.79 Å². The van der Waals surface area contributed by atoms with E-state index in [2.05, 4.69) is 43.9 Å². The van der Waals surface area contributed by atoms with Crippen LogP contribution in [-0.4, -0.2) is 27.9 Å². The second-order valence-corrected chi connectivity index (χ2v) is 11.4. The van der Waals surface area contributed by atoms with Crippen molar-refractivity contribution in [3.05, 3.63) is 24.3 Å². The summed E-state index contributed by atoms with van der Waals surface area (Å²) in [5.74, 6) is 0.667. The number of hydrogen-bond acceptors (Lipinski definition) is 4. The summed E-state index contributed by atoms with van der Waals surface area (Å²) >= 11 is 0. The third-order valence-electron chi connectivity index (χ3n) is 3.90. The first-order valence-electron chi connectivity index (χ1n) is 7.25. The first-order valence-corrected chi connectivity index (χ1v) is 10.2. The number of rotatable bonds is 6. The van der Waals surface area contributed by atoms with Crippen LogP contribution in [0.15, 0.2) is 24.3 Å². The predicted molar refractivity (Wildman–Crippen MR) is 89.4 cm³/mol. The second kappa shape index (κ2) is 6.98. The van der Waals surface area contributed by atoms with Gasteiger partial charge in [-0.15, -0.1) is 0 Å². The number of anilines is 1. The average molecular weight is 309 g/mol. The van der Waals surface area contributed by atoms with Gasteiger partial charge in [-0.25, -0.2) is 0 Å². The summed E-state index contributed by atoms with van der Waals surface area (Å²) in [6.45, 7) is 11.7. The maximum Gasteiger partial charge on any atom is 0.307 e. The number of carbonyl (C=O) groups excluding carboxylic acids is 1. The molecule has 1 aromatic rings. The highest BCUT2D eigenvalue weighted by Crippen LogP contribution is 2.37. The van der Waals surface area contributed by atoms with Gasteiger partial charge in [0, 0.05) is 18.3 Å². The molecule has 0 radical (unpaired) electrons. The van der Waals surface area contributed by atoms with E-state index < -0.39 is 8.32 Å². The highest BCUT2D eigenvalue weighted by Gasteiger charge is 2.38. The molecule has 1 N–H and O–H groups in total. The van der Waals surface area contributed by atoms with Crippen molar-refractivity contribution in [2.24, 2.45) is 0 Å². The van der Waals surface area contributed by atoms with Gasteiger partial charge in [-0.3, -0.25) is 4.79 Å². The zero-order valence-electron chi connectivity index (χ0n) is 13.9. The predicted octanol–water partition coefficient (Wildman–Crippen LogP) is 4.05. The molecule has 0 spiro atoms. The number of esters is 1. The molecule has 0 aliphatic rings. The maximum absolute atomic E-state index is 11.1. The van der Waals surface area contributed by atoms with E-state index in [0.29, 0.717) is 13.0 Å². The van der Waals surface area contributed by atoms with Crippen molar-refractivity contribution in [1.82, 2.24) is 0 Å². The van der Waals surface area contributed by atoms with Crippen molar-refractivity contribution in [3.8, 4) is 5.75 Å². The lowest BCUT2D eigenvalue weighted by Crippen LogP contribution is -2.43. The third-order valence-corrected chi connectivity index (χ3v) is 8.26. The van der Waals surface area contributed by atoms with Gasteiger partial charge in [0.1, 0.15) is 5.75 Å². The number of ether oxygens (including phenoxy) is 1. The molecular formula is C16H27NO3Si. The molecule has 0 bridgehead atoms. The number of carbonyl (C=O) groups is 1. The highest BCUT2D eigenvalue weighted by molar-refractivity contribution is 6.74. The lowest BCUT2D eigenvalue weighted by molar-refractivity contribution is -0.140. The van der Waals surface area contributed by atoms with Crippen LogP contribution in [0.1, 0.15) is 27.2 Å². The van der Waals surface area contributed by atoms with Gasteiger partial charge in [0.2, 0.25) is 8.32 Å². The van der Waals surface area contributed by atoms with Crippen LogP contribution < -0.4 is 9.74 Å². The Hall–Kier alpha value is -1.49. The molecule has 0 atom stereocenters. The molecule has 0 amide bonds. The first-order chi connectivity index (χ1) is 9.65. The second-order valence-electron chi connectivity index (χ2n) is 6.64. The summed E-state index contributed by atoms with van der Waals surface area (Å²) in [6.07, 6.45) is 0.351. The minimum absolute atomic E-state index is 0.168. The zero-order valence-corrected chi connectivity index (χ0v) is 14.9. The van der Waals surface area contributed by atoms with E-state index in [1.54, 1.807) is 0 Å².